The van der Waals surface area contributed by atoms with Gasteiger partial charge in [0.1, 0.15) is 22.7 Å². The number of allylic oxidation sites excluding steroid dienone is 1. The fourth-order valence-electron chi connectivity index (χ4n) is 5.03. The molecule has 4 aliphatic heterocycles. The number of nitrogens with zero attached hydrogens (tertiary/aromatic N) is 5. The highest BCUT2D eigenvalue weighted by atomic mass is 32.2. The predicted molar refractivity (Wildman–Crippen MR) is 146 cm³/mol. The molecule has 0 saturated carbocycles. The summed E-state index contributed by atoms with van der Waals surface area (Å²) >= 11 is 2.16. The number of rotatable bonds is 6. The van der Waals surface area contributed by atoms with Crippen LogP contribution in [0.15, 0.2) is 28.1 Å². The van der Waals surface area contributed by atoms with Gasteiger partial charge in [-0.2, -0.15) is 9.36 Å². The Kier molecular flexibility index (Phi) is 7.58. The van der Waals surface area contributed by atoms with Crippen LogP contribution >= 0.6 is 23.3 Å². The Balaban J connectivity index is 1.39. The van der Waals surface area contributed by atoms with Gasteiger partial charge in [-0.3, -0.25) is 19.3 Å². The molecular formula is C24H30N8O6S2. The lowest BCUT2D eigenvalue weighted by Gasteiger charge is -2.49. The third kappa shape index (κ3) is 5.30. The van der Waals surface area contributed by atoms with Crippen LogP contribution in [0.1, 0.15) is 39.4 Å². The number of β-lactam (4-membered cyclic amide) rings is 1. The van der Waals surface area contributed by atoms with Gasteiger partial charge in [0.05, 0.1) is 0 Å². The predicted octanol–water partition coefficient (Wildman–Crippen LogP) is -0.185. The summed E-state index contributed by atoms with van der Waals surface area (Å²) in [6.07, 6.45) is 3.15. The fraction of sp³-hybridized carbons (Fsp3) is 0.542. The normalized spacial score (nSPS) is 26.3. The summed E-state index contributed by atoms with van der Waals surface area (Å²) in [5.74, 6) is -2.03. The summed E-state index contributed by atoms with van der Waals surface area (Å²) in [6.45, 7) is 7.40. The maximum Gasteiger partial charge on any atom is 0.355 e. The van der Waals surface area contributed by atoms with Gasteiger partial charge in [0, 0.05) is 42.0 Å². The molecule has 3 fully saturated rings. The van der Waals surface area contributed by atoms with E-state index >= 15 is 0 Å². The number of hydrogen-bond acceptors (Lipinski definition) is 13. The SMILES string of the molecule is CC(C)(C)OC(=O)C1=C(C=C2CCN([C@H]3CCNC3)C2=O)CS[C@@H]2[C@H](NC(=O)/C(=N\O)c3nsc(N)n3)C(=O)N12. The summed E-state index contributed by atoms with van der Waals surface area (Å²) in [7, 11) is 0. The van der Waals surface area contributed by atoms with E-state index in [0.29, 0.717) is 29.9 Å². The number of thioether (sulfide) groups is 1. The highest BCUT2D eigenvalue weighted by Gasteiger charge is 2.55. The van der Waals surface area contributed by atoms with E-state index in [2.05, 4.69) is 25.1 Å². The number of oxime groups is 1. The van der Waals surface area contributed by atoms with Gasteiger partial charge < -0.3 is 31.2 Å². The first-order chi connectivity index (χ1) is 19.0. The van der Waals surface area contributed by atoms with Crippen molar-refractivity contribution in [3.05, 3.63) is 28.7 Å². The highest BCUT2D eigenvalue weighted by Crippen LogP contribution is 2.42. The number of carbonyl (C=O) groups excluding carboxylic acids is 4. The van der Waals surface area contributed by atoms with Gasteiger partial charge in [-0.25, -0.2) is 4.79 Å². The Bertz CT molecular complexity index is 1340. The number of nitrogens with one attached hydrogen (secondary N) is 2. The van der Waals surface area contributed by atoms with Gasteiger partial charge in [0.2, 0.25) is 17.4 Å². The topological polar surface area (TPSA) is 192 Å². The van der Waals surface area contributed by atoms with Crippen molar-refractivity contribution >= 4 is 57.8 Å². The second-order valence-electron chi connectivity index (χ2n) is 10.7. The van der Waals surface area contributed by atoms with Gasteiger partial charge in [0.15, 0.2) is 5.13 Å². The van der Waals surface area contributed by atoms with Crippen LogP contribution in [0.25, 0.3) is 0 Å². The van der Waals surface area contributed by atoms with Crippen LogP contribution in [0, 0.1) is 0 Å². The molecule has 3 saturated heterocycles. The third-order valence-corrected chi connectivity index (χ3v) is 8.67. The van der Waals surface area contributed by atoms with E-state index in [0.717, 1.165) is 31.0 Å². The molecule has 0 radical (unpaired) electrons. The van der Waals surface area contributed by atoms with Gasteiger partial charge in [0.25, 0.3) is 11.8 Å². The van der Waals surface area contributed by atoms with Gasteiger partial charge in [-0.05, 0) is 51.8 Å². The van der Waals surface area contributed by atoms with Gasteiger partial charge >= 0.3 is 5.97 Å². The molecule has 0 unspecified atom stereocenters. The van der Waals surface area contributed by atoms with Crippen LogP contribution in [-0.2, 0) is 23.9 Å². The van der Waals surface area contributed by atoms with Crippen LogP contribution in [0.5, 0.6) is 0 Å². The molecule has 40 heavy (non-hydrogen) atoms. The zero-order valence-electron chi connectivity index (χ0n) is 22.2. The number of nitrogen functional groups attached to an aromatic ring is 1. The summed E-state index contributed by atoms with van der Waals surface area (Å²) in [5.41, 5.74) is 5.40. The molecule has 1 aromatic heterocycles. The van der Waals surface area contributed by atoms with Crippen LogP contribution < -0.4 is 16.4 Å². The summed E-state index contributed by atoms with van der Waals surface area (Å²) in [6, 6.07) is -0.859. The van der Waals surface area contributed by atoms with Crippen molar-refractivity contribution in [2.24, 2.45) is 5.16 Å². The van der Waals surface area contributed by atoms with E-state index in [1.165, 1.54) is 16.7 Å². The van der Waals surface area contributed by atoms with Crippen LogP contribution in [0.4, 0.5) is 5.13 Å². The molecule has 1 aromatic rings. The molecule has 3 amide bonds. The molecule has 0 aliphatic carbocycles. The Morgan fingerprint density at radius 1 is 1.32 bits per heavy atom. The molecule has 3 atom stereocenters. The summed E-state index contributed by atoms with van der Waals surface area (Å²) < 4.78 is 9.50. The lowest BCUT2D eigenvalue weighted by atomic mass is 10.0. The van der Waals surface area contributed by atoms with E-state index < -0.39 is 40.5 Å². The summed E-state index contributed by atoms with van der Waals surface area (Å²) in [4.78, 5) is 59.7. The molecule has 16 heteroatoms. The van der Waals surface area contributed by atoms with Crippen molar-refractivity contribution in [2.45, 2.75) is 56.7 Å². The van der Waals surface area contributed by atoms with Gasteiger partial charge in [-0.15, -0.1) is 11.8 Å². The minimum Gasteiger partial charge on any atom is -0.455 e. The quantitative estimate of drug-likeness (QED) is 0.0857. The number of nitrogens with two attached hydrogens (primary N) is 1. The van der Waals surface area contributed by atoms with E-state index in [1.54, 1.807) is 26.8 Å². The number of carbonyl (C=O) groups is 4. The number of esters is 1. The second-order valence-corrected chi connectivity index (χ2v) is 12.6. The molecule has 5 heterocycles. The largest absolute Gasteiger partial charge is 0.455 e. The number of likely N-dealkylation sites (tertiary alicyclic amines) is 1. The first kappa shape index (κ1) is 28.0. The number of anilines is 1. The molecule has 214 valence electrons. The molecule has 0 spiro atoms. The number of aromatic nitrogens is 2. The van der Waals surface area contributed by atoms with Crippen molar-refractivity contribution in [3.8, 4) is 0 Å². The maximum atomic E-state index is 13.4. The van der Waals surface area contributed by atoms with Crippen molar-refractivity contribution < 1.29 is 29.1 Å². The molecule has 0 aromatic carbocycles. The molecule has 4 aliphatic rings. The van der Waals surface area contributed by atoms with E-state index in [4.69, 9.17) is 10.5 Å². The zero-order valence-corrected chi connectivity index (χ0v) is 23.8. The molecule has 5 N–H and O–H groups in total. The van der Waals surface area contributed by atoms with E-state index in [1.807, 2.05) is 4.90 Å². The number of fused-ring (bicyclic) bond motifs is 1. The molecule has 5 rings (SSSR count). The first-order valence-electron chi connectivity index (χ1n) is 12.7. The van der Waals surface area contributed by atoms with Gasteiger partial charge in [-0.1, -0.05) is 5.16 Å². The maximum absolute atomic E-state index is 13.4. The standard InChI is InChI=1S/C24H30N8O6S2/c1-24(2,3)38-22(36)16-12(8-11-5-7-31(19(11)34)13-4-6-26-9-13)10-39-21-15(20(35)32(16)21)27-18(33)14(29-37)17-28-23(25)40-30-17/h8,13,15,21,26,37H,4-7,9-10H2,1-3H3,(H,27,33)(H2,25,28,30)/b11-8?,29-14-/t13-,15+,21+/m0/s1. The lowest BCUT2D eigenvalue weighted by molar-refractivity contribution is -0.158. The van der Waals surface area contributed by atoms with Crippen molar-refractivity contribution in [3.63, 3.8) is 0 Å². The monoisotopic (exact) mass is 590 g/mol. The minimum atomic E-state index is -1.00. The lowest BCUT2D eigenvalue weighted by Crippen LogP contribution is -2.71. The molecule has 0 bridgehead atoms. The number of amides is 3. The Hall–Kier alpha value is -3.50. The van der Waals surface area contributed by atoms with Crippen molar-refractivity contribution in [2.75, 3.05) is 31.1 Å². The molecule has 14 nitrogen and oxygen atoms in total. The Morgan fingerprint density at radius 2 is 2.10 bits per heavy atom. The average molecular weight is 591 g/mol. The summed E-state index contributed by atoms with van der Waals surface area (Å²) in [5, 5.41) is 17.6. The second kappa shape index (κ2) is 10.8. The third-order valence-electron chi connectivity index (χ3n) is 6.83. The Labute approximate surface area is 238 Å². The number of hydrogen-bond donors (Lipinski definition) is 4. The average Bonchev–Trinajstić information content (AvgIpc) is 3.64. The minimum absolute atomic E-state index is 0.0560. The smallest absolute Gasteiger partial charge is 0.355 e. The van der Waals surface area contributed by atoms with Crippen LogP contribution in [-0.4, -0.2) is 102 Å². The first-order valence-corrected chi connectivity index (χ1v) is 14.6. The number of ether oxygens (including phenoxy) is 1. The Morgan fingerprint density at radius 3 is 2.73 bits per heavy atom. The fourth-order valence-corrected chi connectivity index (χ4v) is 6.77. The highest BCUT2D eigenvalue weighted by molar-refractivity contribution is 8.00. The zero-order chi connectivity index (χ0) is 28.8. The van der Waals surface area contributed by atoms with Crippen LogP contribution in [0.2, 0.25) is 0 Å². The van der Waals surface area contributed by atoms with Crippen molar-refractivity contribution in [1.82, 2.24) is 29.8 Å². The van der Waals surface area contributed by atoms with E-state index in [9.17, 15) is 24.4 Å². The molecular weight excluding hydrogens is 560 g/mol. The van der Waals surface area contributed by atoms with Crippen LogP contribution in [0.3, 0.4) is 0 Å². The van der Waals surface area contributed by atoms with Crippen molar-refractivity contribution in [1.29, 1.82) is 0 Å². The van der Waals surface area contributed by atoms with E-state index in [-0.39, 0.29) is 28.6 Å².